The summed E-state index contributed by atoms with van der Waals surface area (Å²) in [4.78, 5) is 22.1. The van der Waals surface area contributed by atoms with E-state index in [1.807, 2.05) is 0 Å². The second kappa shape index (κ2) is 5.76. The zero-order valence-corrected chi connectivity index (χ0v) is 12.4. The Kier molecular flexibility index (Phi) is 4.34. The fourth-order valence-electron chi connectivity index (χ4n) is 2.31. The van der Waals surface area contributed by atoms with Crippen molar-refractivity contribution in [3.05, 3.63) is 33.9 Å². The van der Waals surface area contributed by atoms with E-state index in [0.717, 1.165) is 4.90 Å². The molecule has 1 aromatic carbocycles. The molecular formula is C11H9ClF2N2O5S. The number of hydrogen-bond acceptors (Lipinski definition) is 5. The van der Waals surface area contributed by atoms with Gasteiger partial charge in [0.2, 0.25) is 15.0 Å². The zero-order valence-electron chi connectivity index (χ0n) is 10.8. The van der Waals surface area contributed by atoms with E-state index in [1.165, 1.54) is 0 Å². The third-order valence-electron chi connectivity index (χ3n) is 3.12. The third-order valence-corrected chi connectivity index (χ3v) is 4.37. The lowest BCUT2D eigenvalue weighted by molar-refractivity contribution is -0.385. The van der Waals surface area contributed by atoms with E-state index in [1.54, 1.807) is 0 Å². The second-order valence-corrected chi connectivity index (χ2v) is 7.62. The maximum atomic E-state index is 13.9. The van der Waals surface area contributed by atoms with Crippen LogP contribution in [0.4, 0.5) is 20.2 Å². The molecule has 120 valence electrons. The third kappa shape index (κ3) is 3.50. The summed E-state index contributed by atoms with van der Waals surface area (Å²) >= 11 is 0. The van der Waals surface area contributed by atoms with E-state index in [9.17, 15) is 32.1 Å². The molecule has 11 heteroatoms. The number of carbonyl (C=O) groups is 1. The minimum atomic E-state index is -3.86. The van der Waals surface area contributed by atoms with Crippen LogP contribution in [-0.2, 0) is 13.8 Å². The summed E-state index contributed by atoms with van der Waals surface area (Å²) in [5.74, 6) is -4.43. The van der Waals surface area contributed by atoms with E-state index >= 15 is 0 Å². The first-order chi connectivity index (χ1) is 10.1. The Bertz CT molecular complexity index is 732. The summed E-state index contributed by atoms with van der Waals surface area (Å²) in [6, 6.07) is 0.995. The Morgan fingerprint density at radius 3 is 2.36 bits per heavy atom. The van der Waals surface area contributed by atoms with E-state index < -0.39 is 54.6 Å². The molecule has 0 aromatic heterocycles. The number of non-ortho nitro benzene ring substituents is 1. The normalized spacial score (nSPS) is 18.8. The van der Waals surface area contributed by atoms with Crippen molar-refractivity contribution in [2.45, 2.75) is 6.42 Å². The number of halogens is 3. The van der Waals surface area contributed by atoms with Gasteiger partial charge in [-0.15, -0.1) is 0 Å². The van der Waals surface area contributed by atoms with E-state index in [0.29, 0.717) is 12.1 Å². The van der Waals surface area contributed by atoms with Crippen molar-refractivity contribution in [2.75, 3.05) is 17.2 Å². The van der Waals surface area contributed by atoms with Gasteiger partial charge >= 0.3 is 0 Å². The number of rotatable bonds is 4. The van der Waals surface area contributed by atoms with Crippen molar-refractivity contribution in [3.63, 3.8) is 0 Å². The number of carbonyl (C=O) groups excluding carboxylic acids is 1. The van der Waals surface area contributed by atoms with Crippen molar-refractivity contribution in [1.82, 2.24) is 0 Å². The van der Waals surface area contributed by atoms with Crippen LogP contribution in [0, 0.1) is 27.7 Å². The lowest BCUT2D eigenvalue weighted by Gasteiger charge is -2.18. The monoisotopic (exact) mass is 354 g/mol. The van der Waals surface area contributed by atoms with Crippen LogP contribution in [0.2, 0.25) is 0 Å². The SMILES string of the molecule is O=C1CC(CS(=O)(=O)Cl)CN1c1c(F)cc([N+](=O)[O-])cc1F. The number of hydrogen-bond donors (Lipinski definition) is 0. The smallest absolute Gasteiger partial charge is 0.275 e. The van der Waals surface area contributed by atoms with Gasteiger partial charge in [0.1, 0.15) is 5.69 Å². The Hall–Kier alpha value is -1.81. The van der Waals surface area contributed by atoms with Gasteiger partial charge in [0.25, 0.3) is 5.69 Å². The van der Waals surface area contributed by atoms with Gasteiger partial charge in [-0.2, -0.15) is 0 Å². The molecule has 0 saturated carbocycles. The van der Waals surface area contributed by atoms with Gasteiger partial charge in [-0.25, -0.2) is 17.2 Å². The Balaban J connectivity index is 2.33. The second-order valence-electron chi connectivity index (χ2n) is 4.80. The van der Waals surface area contributed by atoms with Gasteiger partial charge in [-0.3, -0.25) is 14.9 Å². The number of nitrogens with zero attached hydrogens (tertiary/aromatic N) is 2. The first-order valence-corrected chi connectivity index (χ1v) is 8.42. The minimum Gasteiger partial charge on any atom is -0.307 e. The average Bonchev–Trinajstić information content (AvgIpc) is 2.66. The molecular weight excluding hydrogens is 346 g/mol. The van der Waals surface area contributed by atoms with Crippen LogP contribution in [0.25, 0.3) is 0 Å². The molecule has 1 saturated heterocycles. The topological polar surface area (TPSA) is 97.6 Å². The van der Waals surface area contributed by atoms with Crippen LogP contribution in [0.15, 0.2) is 12.1 Å². The van der Waals surface area contributed by atoms with Crippen LogP contribution in [-0.4, -0.2) is 31.5 Å². The van der Waals surface area contributed by atoms with Crippen molar-refractivity contribution in [2.24, 2.45) is 5.92 Å². The number of anilines is 1. The zero-order chi connectivity index (χ0) is 16.7. The van der Waals surface area contributed by atoms with Gasteiger partial charge in [0.05, 0.1) is 22.8 Å². The first kappa shape index (κ1) is 16.6. The molecule has 2 rings (SSSR count). The maximum absolute atomic E-state index is 13.9. The van der Waals surface area contributed by atoms with E-state index in [-0.39, 0.29) is 13.0 Å². The highest BCUT2D eigenvalue weighted by molar-refractivity contribution is 8.13. The van der Waals surface area contributed by atoms with Crippen LogP contribution < -0.4 is 4.90 Å². The predicted molar refractivity (Wildman–Crippen MR) is 73.1 cm³/mol. The molecule has 1 aromatic rings. The van der Waals surface area contributed by atoms with Crippen molar-refractivity contribution >= 4 is 37.0 Å². The number of amides is 1. The highest BCUT2D eigenvalue weighted by Gasteiger charge is 2.36. The van der Waals surface area contributed by atoms with Gasteiger partial charge in [0, 0.05) is 29.6 Å². The lowest BCUT2D eigenvalue weighted by Crippen LogP contribution is -2.27. The van der Waals surface area contributed by atoms with Crippen LogP contribution >= 0.6 is 10.7 Å². The molecule has 0 spiro atoms. The first-order valence-electron chi connectivity index (χ1n) is 5.94. The van der Waals surface area contributed by atoms with Gasteiger partial charge in [0.15, 0.2) is 11.6 Å². The van der Waals surface area contributed by atoms with Gasteiger partial charge < -0.3 is 4.90 Å². The molecule has 1 aliphatic rings. The summed E-state index contributed by atoms with van der Waals surface area (Å²) in [6.45, 7) is -0.240. The highest BCUT2D eigenvalue weighted by Crippen LogP contribution is 2.33. The van der Waals surface area contributed by atoms with Crippen LogP contribution in [0.3, 0.4) is 0 Å². The molecule has 0 bridgehead atoms. The molecule has 7 nitrogen and oxygen atoms in total. The highest BCUT2D eigenvalue weighted by atomic mass is 35.7. The van der Waals surface area contributed by atoms with Gasteiger partial charge in [-0.05, 0) is 0 Å². The van der Waals surface area contributed by atoms with Crippen molar-refractivity contribution < 1.29 is 26.9 Å². The summed E-state index contributed by atoms with van der Waals surface area (Å²) in [5.41, 5.74) is -1.52. The summed E-state index contributed by atoms with van der Waals surface area (Å²) in [5, 5.41) is 10.5. The van der Waals surface area contributed by atoms with Crippen molar-refractivity contribution in [1.29, 1.82) is 0 Å². The largest absolute Gasteiger partial charge is 0.307 e. The molecule has 0 aliphatic carbocycles. The molecule has 1 fully saturated rings. The molecule has 1 atom stereocenters. The summed E-state index contributed by atoms with van der Waals surface area (Å²) in [6.07, 6.45) is -0.234. The summed E-state index contributed by atoms with van der Waals surface area (Å²) < 4.78 is 49.8. The molecule has 1 heterocycles. The molecule has 1 aliphatic heterocycles. The fraction of sp³-hybridized carbons (Fsp3) is 0.364. The molecule has 0 N–H and O–H groups in total. The molecule has 22 heavy (non-hydrogen) atoms. The predicted octanol–water partition coefficient (Wildman–Crippen LogP) is 1.79. The molecule has 1 unspecified atom stereocenters. The van der Waals surface area contributed by atoms with E-state index in [4.69, 9.17) is 10.7 Å². The Morgan fingerprint density at radius 2 is 1.91 bits per heavy atom. The van der Waals surface area contributed by atoms with Crippen LogP contribution in [0.1, 0.15) is 6.42 Å². The average molecular weight is 355 g/mol. The van der Waals surface area contributed by atoms with Gasteiger partial charge in [-0.1, -0.05) is 0 Å². The Labute approximate surface area is 128 Å². The Morgan fingerprint density at radius 1 is 1.36 bits per heavy atom. The maximum Gasteiger partial charge on any atom is 0.275 e. The minimum absolute atomic E-state index is 0.234. The lowest BCUT2D eigenvalue weighted by atomic mass is 10.1. The number of nitro benzene ring substituents is 1. The van der Waals surface area contributed by atoms with E-state index in [2.05, 4.69) is 0 Å². The number of nitro groups is 1. The molecule has 0 radical (unpaired) electrons. The quantitative estimate of drug-likeness (QED) is 0.466. The number of benzene rings is 1. The van der Waals surface area contributed by atoms with Crippen molar-refractivity contribution in [3.8, 4) is 0 Å². The summed E-state index contributed by atoms with van der Waals surface area (Å²) in [7, 11) is 1.23. The fourth-order valence-corrected chi connectivity index (χ4v) is 3.63. The standard InChI is InChI=1S/C11H9ClF2N2O5S/c12-22(20,21)5-6-1-10(17)15(4-6)11-8(13)2-7(16(18)19)3-9(11)14/h2-3,6H,1,4-5H2. The van der Waals surface area contributed by atoms with Crippen LogP contribution in [0.5, 0.6) is 0 Å². The molecule has 1 amide bonds.